The molecule has 1 amide bonds. The Hall–Kier alpha value is -1.95. The van der Waals surface area contributed by atoms with Crippen LogP contribution < -0.4 is 16.0 Å². The first kappa shape index (κ1) is 19.4. The van der Waals surface area contributed by atoms with Gasteiger partial charge in [0.05, 0.1) is 19.2 Å². The number of hydrogen-bond acceptors (Lipinski definition) is 3. The number of ether oxygens (including phenoxy) is 1. The van der Waals surface area contributed by atoms with Gasteiger partial charge in [0.25, 0.3) is 0 Å². The van der Waals surface area contributed by atoms with E-state index in [0.29, 0.717) is 30.6 Å². The normalized spacial score (nSPS) is 15.4. The number of guanidine groups is 1. The quantitative estimate of drug-likeness (QED) is 0.488. The Morgan fingerprint density at radius 3 is 2.80 bits per heavy atom. The maximum Gasteiger partial charge on any atom is 0.407 e. The van der Waals surface area contributed by atoms with Crippen molar-refractivity contribution in [1.82, 2.24) is 16.0 Å². The van der Waals surface area contributed by atoms with E-state index in [4.69, 9.17) is 16.3 Å². The van der Waals surface area contributed by atoms with E-state index in [1.165, 1.54) is 0 Å². The molecule has 138 valence electrons. The number of hydrogen-bond donors (Lipinski definition) is 3. The predicted octanol–water partition coefficient (Wildman–Crippen LogP) is 2.92. The topological polar surface area (TPSA) is 74.8 Å². The lowest BCUT2D eigenvalue weighted by Gasteiger charge is -2.20. The highest BCUT2D eigenvalue weighted by Crippen LogP contribution is 2.32. The van der Waals surface area contributed by atoms with Crippen LogP contribution in [0.15, 0.2) is 29.3 Å². The van der Waals surface area contributed by atoms with Crippen LogP contribution in [0.1, 0.15) is 32.3 Å². The molecule has 25 heavy (non-hydrogen) atoms. The van der Waals surface area contributed by atoms with Crippen molar-refractivity contribution in [3.05, 3.63) is 34.9 Å². The van der Waals surface area contributed by atoms with Crippen LogP contribution >= 0.6 is 11.6 Å². The Morgan fingerprint density at radius 1 is 1.36 bits per heavy atom. The van der Waals surface area contributed by atoms with Crippen LogP contribution in [-0.4, -0.2) is 37.8 Å². The Labute approximate surface area is 154 Å². The first-order valence-corrected chi connectivity index (χ1v) is 9.20. The Balaban J connectivity index is 1.90. The van der Waals surface area contributed by atoms with Gasteiger partial charge in [-0.05, 0) is 50.3 Å². The number of nitrogens with one attached hydrogen (secondary N) is 3. The van der Waals surface area contributed by atoms with E-state index in [0.717, 1.165) is 30.9 Å². The monoisotopic (exact) mass is 366 g/mol. The van der Waals surface area contributed by atoms with Crippen molar-refractivity contribution in [2.45, 2.75) is 39.3 Å². The molecule has 1 atom stereocenters. The average molecular weight is 367 g/mol. The SMILES string of the molecule is CCNC(=NCc1cccc(Cl)c1)NCC(NC(=O)OCC)C1CC1. The van der Waals surface area contributed by atoms with Gasteiger partial charge in [0.15, 0.2) is 5.96 Å². The molecular weight excluding hydrogens is 340 g/mol. The lowest BCUT2D eigenvalue weighted by Crippen LogP contribution is -2.48. The number of halogens is 1. The van der Waals surface area contributed by atoms with Gasteiger partial charge >= 0.3 is 6.09 Å². The maximum atomic E-state index is 11.7. The van der Waals surface area contributed by atoms with Crippen LogP contribution in [0.2, 0.25) is 5.02 Å². The van der Waals surface area contributed by atoms with Gasteiger partial charge in [-0.25, -0.2) is 9.79 Å². The number of alkyl carbamates (subject to hydrolysis) is 1. The first-order chi connectivity index (χ1) is 12.1. The van der Waals surface area contributed by atoms with E-state index < -0.39 is 0 Å². The van der Waals surface area contributed by atoms with E-state index in [-0.39, 0.29) is 12.1 Å². The van der Waals surface area contributed by atoms with Crippen LogP contribution in [0, 0.1) is 5.92 Å². The molecule has 6 nitrogen and oxygen atoms in total. The van der Waals surface area contributed by atoms with Gasteiger partial charge in [-0.2, -0.15) is 0 Å². The molecule has 1 unspecified atom stereocenters. The number of carbonyl (C=O) groups is 1. The summed E-state index contributed by atoms with van der Waals surface area (Å²) in [5, 5.41) is 10.2. The average Bonchev–Trinajstić information content (AvgIpc) is 3.41. The number of carbonyl (C=O) groups excluding carboxylic acids is 1. The van der Waals surface area contributed by atoms with Gasteiger partial charge in [0, 0.05) is 18.1 Å². The van der Waals surface area contributed by atoms with Crippen LogP contribution in [-0.2, 0) is 11.3 Å². The fraction of sp³-hybridized carbons (Fsp3) is 0.556. The summed E-state index contributed by atoms with van der Waals surface area (Å²) in [6.07, 6.45) is 1.91. The lowest BCUT2D eigenvalue weighted by atomic mass is 10.2. The molecule has 0 radical (unpaired) electrons. The molecule has 1 fully saturated rings. The minimum absolute atomic E-state index is 0.0501. The van der Waals surface area contributed by atoms with Gasteiger partial charge in [-0.15, -0.1) is 0 Å². The van der Waals surface area contributed by atoms with E-state index in [1.54, 1.807) is 6.92 Å². The molecule has 1 aliphatic carbocycles. The van der Waals surface area contributed by atoms with Gasteiger partial charge in [0.2, 0.25) is 0 Å². The highest BCUT2D eigenvalue weighted by molar-refractivity contribution is 6.30. The van der Waals surface area contributed by atoms with Gasteiger partial charge in [-0.1, -0.05) is 23.7 Å². The number of rotatable bonds is 8. The van der Waals surface area contributed by atoms with Gasteiger partial charge in [0.1, 0.15) is 0 Å². The maximum absolute atomic E-state index is 11.7. The molecular formula is C18H27ClN4O2. The lowest BCUT2D eigenvalue weighted by molar-refractivity contribution is 0.146. The van der Waals surface area contributed by atoms with Crippen molar-refractivity contribution >= 4 is 23.7 Å². The van der Waals surface area contributed by atoms with Crippen molar-refractivity contribution in [2.75, 3.05) is 19.7 Å². The highest BCUT2D eigenvalue weighted by Gasteiger charge is 2.32. The first-order valence-electron chi connectivity index (χ1n) is 8.82. The summed E-state index contributed by atoms with van der Waals surface area (Å²) in [6, 6.07) is 7.71. The molecule has 2 rings (SSSR count). The van der Waals surface area contributed by atoms with Crippen molar-refractivity contribution in [3.8, 4) is 0 Å². The van der Waals surface area contributed by atoms with E-state index in [2.05, 4.69) is 20.9 Å². The Bertz CT molecular complexity index is 590. The molecule has 0 aromatic heterocycles. The van der Waals surface area contributed by atoms with Gasteiger partial charge < -0.3 is 20.7 Å². The highest BCUT2D eigenvalue weighted by atomic mass is 35.5. The molecule has 0 saturated heterocycles. The van der Waals surface area contributed by atoms with Crippen molar-refractivity contribution in [3.63, 3.8) is 0 Å². The van der Waals surface area contributed by atoms with Crippen molar-refractivity contribution < 1.29 is 9.53 Å². The number of aliphatic imine (C=N–C) groups is 1. The smallest absolute Gasteiger partial charge is 0.407 e. The summed E-state index contributed by atoms with van der Waals surface area (Å²) in [7, 11) is 0. The Morgan fingerprint density at radius 2 is 2.16 bits per heavy atom. The number of benzene rings is 1. The van der Waals surface area contributed by atoms with Crippen LogP contribution in [0.4, 0.5) is 4.79 Å². The van der Waals surface area contributed by atoms with Crippen LogP contribution in [0.25, 0.3) is 0 Å². The molecule has 0 heterocycles. The molecule has 0 bridgehead atoms. The standard InChI is InChI=1S/C18H27ClN4O2/c1-3-20-17(21-11-13-6-5-7-15(19)10-13)22-12-16(14-8-9-14)23-18(24)25-4-2/h5-7,10,14,16H,3-4,8-9,11-12H2,1-2H3,(H,23,24)(H2,20,21,22). The number of amides is 1. The summed E-state index contributed by atoms with van der Waals surface area (Å²) in [6.45, 7) is 6.11. The summed E-state index contributed by atoms with van der Waals surface area (Å²) in [4.78, 5) is 16.3. The zero-order chi connectivity index (χ0) is 18.1. The summed E-state index contributed by atoms with van der Waals surface area (Å²) in [5.41, 5.74) is 1.05. The number of nitrogens with zero attached hydrogens (tertiary/aromatic N) is 1. The second kappa shape index (κ2) is 10.1. The second-order valence-electron chi connectivity index (χ2n) is 6.01. The van der Waals surface area contributed by atoms with Crippen molar-refractivity contribution in [2.24, 2.45) is 10.9 Å². The van der Waals surface area contributed by atoms with E-state index in [9.17, 15) is 4.79 Å². The third-order valence-corrected chi connectivity index (χ3v) is 4.15. The molecule has 1 aromatic rings. The third kappa shape index (κ3) is 7.22. The third-order valence-electron chi connectivity index (χ3n) is 3.91. The zero-order valence-electron chi connectivity index (χ0n) is 14.8. The molecule has 7 heteroatoms. The summed E-state index contributed by atoms with van der Waals surface area (Å²) in [5.74, 6) is 1.23. The fourth-order valence-electron chi connectivity index (χ4n) is 2.51. The fourth-order valence-corrected chi connectivity index (χ4v) is 2.73. The minimum Gasteiger partial charge on any atom is -0.450 e. The van der Waals surface area contributed by atoms with Gasteiger partial charge in [-0.3, -0.25) is 0 Å². The zero-order valence-corrected chi connectivity index (χ0v) is 15.6. The van der Waals surface area contributed by atoms with Crippen molar-refractivity contribution in [1.29, 1.82) is 0 Å². The summed E-state index contributed by atoms with van der Waals surface area (Å²) < 4.78 is 4.98. The summed E-state index contributed by atoms with van der Waals surface area (Å²) >= 11 is 6.01. The van der Waals surface area contributed by atoms with E-state index >= 15 is 0 Å². The van der Waals surface area contributed by atoms with Crippen LogP contribution in [0.3, 0.4) is 0 Å². The van der Waals surface area contributed by atoms with E-state index in [1.807, 2.05) is 31.2 Å². The molecule has 1 aromatic carbocycles. The largest absolute Gasteiger partial charge is 0.450 e. The Kier molecular flexibility index (Phi) is 7.85. The molecule has 1 saturated carbocycles. The second-order valence-corrected chi connectivity index (χ2v) is 6.45. The molecule has 0 aliphatic heterocycles. The molecule has 3 N–H and O–H groups in total. The molecule has 0 spiro atoms. The molecule has 1 aliphatic rings. The van der Waals surface area contributed by atoms with Crippen LogP contribution in [0.5, 0.6) is 0 Å². The predicted molar refractivity (Wildman–Crippen MR) is 101 cm³/mol. The minimum atomic E-state index is -0.359.